The van der Waals surface area contributed by atoms with Gasteiger partial charge >= 0.3 is 5.97 Å². The van der Waals surface area contributed by atoms with Crippen molar-refractivity contribution < 1.29 is 19.4 Å². The Kier molecular flexibility index (Phi) is 4.81. The van der Waals surface area contributed by atoms with Crippen molar-refractivity contribution in [3.8, 4) is 10.6 Å². The van der Waals surface area contributed by atoms with Crippen molar-refractivity contribution in [3.05, 3.63) is 83.3 Å². The average molecular weight is 476 g/mol. The van der Waals surface area contributed by atoms with Gasteiger partial charge < -0.3 is 10.2 Å². The molecule has 2 aliphatic rings. The lowest BCUT2D eigenvalue weighted by molar-refractivity contribution is -0.178. The van der Waals surface area contributed by atoms with Gasteiger partial charge in [0, 0.05) is 30.6 Å². The number of hydrogen-bond donors (Lipinski definition) is 2. The van der Waals surface area contributed by atoms with Crippen molar-refractivity contribution in [1.82, 2.24) is 14.9 Å². The molecule has 6 rings (SSSR count). The highest BCUT2D eigenvalue weighted by molar-refractivity contribution is 7.21. The molecule has 34 heavy (non-hydrogen) atoms. The number of fused-ring (bicyclic) bond motifs is 1. The highest BCUT2D eigenvalue weighted by Crippen LogP contribution is 2.53. The van der Waals surface area contributed by atoms with E-state index >= 15 is 4.39 Å². The first-order valence-electron chi connectivity index (χ1n) is 11.2. The number of thiazole rings is 1. The van der Waals surface area contributed by atoms with E-state index in [0.29, 0.717) is 22.7 Å². The molecule has 172 valence electrons. The smallest absolute Gasteiger partial charge is 0.338 e. The van der Waals surface area contributed by atoms with Crippen LogP contribution in [0.15, 0.2) is 60.7 Å². The van der Waals surface area contributed by atoms with Crippen molar-refractivity contribution in [2.45, 2.75) is 30.4 Å². The maximum absolute atomic E-state index is 15.0. The lowest BCUT2D eigenvalue weighted by Gasteiger charge is -2.43. The number of β-amino-alcohol motifs (C(OH)–C–C–N with tert-alkyl or cyclic N) is 1. The third-order valence-corrected chi connectivity index (χ3v) is 7.86. The van der Waals surface area contributed by atoms with Gasteiger partial charge in [-0.15, -0.1) is 0 Å². The van der Waals surface area contributed by atoms with Gasteiger partial charge in [-0.25, -0.2) is 19.2 Å². The number of carboxylic acid groups (broad SMARTS) is 1. The fourth-order valence-electron chi connectivity index (χ4n) is 4.80. The zero-order valence-corrected chi connectivity index (χ0v) is 19.1. The van der Waals surface area contributed by atoms with Crippen LogP contribution in [0.3, 0.4) is 0 Å². The number of rotatable bonds is 6. The molecule has 2 N–H and O–H groups in total. The van der Waals surface area contributed by atoms with Crippen LogP contribution in [0.5, 0.6) is 0 Å². The van der Waals surface area contributed by atoms with Crippen LogP contribution >= 0.6 is 11.3 Å². The number of aliphatic carboxylic acids is 1. The first kappa shape index (κ1) is 21.3. The molecule has 0 bridgehead atoms. The summed E-state index contributed by atoms with van der Waals surface area (Å²) in [4.78, 5) is 23.1. The fraction of sp³-hybridized carbons (Fsp3) is 0.269. The molecule has 6 nitrogen and oxygen atoms in total. The highest BCUT2D eigenvalue weighted by Gasteiger charge is 2.48. The van der Waals surface area contributed by atoms with Crippen LogP contribution in [0.25, 0.3) is 20.9 Å². The fourth-order valence-corrected chi connectivity index (χ4v) is 5.77. The Morgan fingerprint density at radius 1 is 1.06 bits per heavy atom. The minimum Gasteiger partial charge on any atom is -0.479 e. The SMILES string of the molecule is O=C(O)C1(O)CN(Cc2ccc(-c3nc4ccc(C5(c6ccccc6)CC5)nc4s3)c(F)c2)C1. The first-order chi connectivity index (χ1) is 16.4. The molecule has 2 aromatic carbocycles. The van der Waals surface area contributed by atoms with Gasteiger partial charge in [-0.3, -0.25) is 4.90 Å². The zero-order chi connectivity index (χ0) is 23.5. The van der Waals surface area contributed by atoms with Gasteiger partial charge in [0.05, 0.1) is 5.69 Å². The Bertz CT molecular complexity index is 1410. The Hall–Kier alpha value is -3.20. The number of aromatic nitrogens is 2. The standard InChI is InChI=1S/C26H22FN3O3S/c27-19-12-16(13-30-14-26(33,15-30)24(31)32)6-7-18(19)22-28-20-8-9-21(29-23(20)34-22)25(10-11-25)17-4-2-1-3-5-17/h1-9,12,33H,10-11,13-15H2,(H,31,32). The normalized spacial score (nSPS) is 18.5. The lowest BCUT2D eigenvalue weighted by Crippen LogP contribution is -2.65. The van der Waals surface area contributed by atoms with Gasteiger partial charge in [0.15, 0.2) is 5.60 Å². The van der Waals surface area contributed by atoms with Crippen LogP contribution in [0.2, 0.25) is 0 Å². The predicted octanol–water partition coefficient (Wildman–Crippen LogP) is 4.21. The van der Waals surface area contributed by atoms with E-state index in [1.807, 2.05) is 24.3 Å². The number of nitrogens with zero attached hydrogens (tertiary/aromatic N) is 3. The summed E-state index contributed by atoms with van der Waals surface area (Å²) in [6, 6.07) is 19.4. The summed E-state index contributed by atoms with van der Waals surface area (Å²) in [6.45, 7) is 0.434. The van der Waals surface area contributed by atoms with E-state index < -0.39 is 11.6 Å². The van der Waals surface area contributed by atoms with Gasteiger partial charge in [0.1, 0.15) is 21.2 Å². The molecule has 3 heterocycles. The van der Waals surface area contributed by atoms with Gasteiger partial charge in [-0.1, -0.05) is 47.7 Å². The molecular formula is C26H22FN3O3S. The number of halogens is 1. The number of likely N-dealkylation sites (tertiary alicyclic amines) is 1. The largest absolute Gasteiger partial charge is 0.479 e. The van der Waals surface area contributed by atoms with Crippen LogP contribution < -0.4 is 0 Å². The second-order valence-corrected chi connectivity index (χ2v) is 10.3. The number of benzene rings is 2. The Labute approximate surface area is 199 Å². The minimum atomic E-state index is -1.70. The number of hydrogen-bond acceptors (Lipinski definition) is 6. The third-order valence-electron chi connectivity index (χ3n) is 6.86. The number of carboxylic acids is 1. The molecule has 0 atom stereocenters. The molecule has 1 saturated heterocycles. The number of pyridine rings is 1. The second kappa shape index (κ2) is 7.66. The number of carbonyl (C=O) groups is 1. The average Bonchev–Trinajstić information content (AvgIpc) is 3.51. The number of aliphatic hydroxyl groups is 1. The highest BCUT2D eigenvalue weighted by atomic mass is 32.1. The van der Waals surface area contributed by atoms with Crippen molar-refractivity contribution in [1.29, 1.82) is 0 Å². The summed E-state index contributed by atoms with van der Waals surface area (Å²) in [5, 5.41) is 19.5. The molecule has 0 unspecified atom stereocenters. The zero-order valence-electron chi connectivity index (χ0n) is 18.2. The molecule has 1 aliphatic carbocycles. The minimum absolute atomic E-state index is 0.0298. The van der Waals surface area contributed by atoms with E-state index in [9.17, 15) is 9.90 Å². The Morgan fingerprint density at radius 3 is 2.50 bits per heavy atom. The molecule has 2 fully saturated rings. The molecule has 0 spiro atoms. The van der Waals surface area contributed by atoms with Crippen LogP contribution in [0.1, 0.15) is 29.7 Å². The van der Waals surface area contributed by atoms with Crippen molar-refractivity contribution in [2.24, 2.45) is 0 Å². The van der Waals surface area contributed by atoms with E-state index in [-0.39, 0.29) is 24.3 Å². The third kappa shape index (κ3) is 3.50. The molecule has 2 aromatic heterocycles. The van der Waals surface area contributed by atoms with Crippen molar-refractivity contribution >= 4 is 27.7 Å². The predicted molar refractivity (Wildman–Crippen MR) is 127 cm³/mol. The van der Waals surface area contributed by atoms with Gasteiger partial charge in [0.25, 0.3) is 0 Å². The summed E-state index contributed by atoms with van der Waals surface area (Å²) < 4.78 is 15.0. The summed E-state index contributed by atoms with van der Waals surface area (Å²) in [7, 11) is 0. The molecule has 4 aromatic rings. The van der Waals surface area contributed by atoms with E-state index in [1.165, 1.54) is 23.0 Å². The molecular weight excluding hydrogens is 453 g/mol. The quantitative estimate of drug-likeness (QED) is 0.435. The van der Waals surface area contributed by atoms with E-state index in [4.69, 9.17) is 10.1 Å². The lowest BCUT2D eigenvalue weighted by atomic mass is 9.92. The maximum Gasteiger partial charge on any atom is 0.338 e. The van der Waals surface area contributed by atoms with Crippen LogP contribution in [-0.4, -0.2) is 49.7 Å². The monoisotopic (exact) mass is 475 g/mol. The Morgan fingerprint density at radius 2 is 1.82 bits per heavy atom. The molecule has 8 heteroatoms. The Balaban J connectivity index is 1.24. The summed E-state index contributed by atoms with van der Waals surface area (Å²) >= 11 is 1.39. The van der Waals surface area contributed by atoms with E-state index in [2.05, 4.69) is 29.2 Å². The summed E-state index contributed by atoms with van der Waals surface area (Å²) in [6.07, 6.45) is 2.14. The van der Waals surface area contributed by atoms with Crippen LogP contribution in [0.4, 0.5) is 4.39 Å². The van der Waals surface area contributed by atoms with Gasteiger partial charge in [-0.05, 0) is 48.2 Å². The summed E-state index contributed by atoms with van der Waals surface area (Å²) in [5.41, 5.74) is 2.47. The molecule has 0 amide bonds. The first-order valence-corrected chi connectivity index (χ1v) is 12.0. The topological polar surface area (TPSA) is 86.5 Å². The maximum atomic E-state index is 15.0. The second-order valence-electron chi connectivity index (χ2n) is 9.28. The van der Waals surface area contributed by atoms with Crippen molar-refractivity contribution in [2.75, 3.05) is 13.1 Å². The van der Waals surface area contributed by atoms with Crippen LogP contribution in [-0.2, 0) is 16.8 Å². The van der Waals surface area contributed by atoms with E-state index in [0.717, 1.165) is 28.9 Å². The molecule has 0 radical (unpaired) electrons. The molecule has 1 saturated carbocycles. The van der Waals surface area contributed by atoms with Gasteiger partial charge in [-0.2, -0.15) is 0 Å². The molecule has 1 aliphatic heterocycles. The van der Waals surface area contributed by atoms with E-state index in [1.54, 1.807) is 11.0 Å². The van der Waals surface area contributed by atoms with Crippen LogP contribution in [0, 0.1) is 5.82 Å². The van der Waals surface area contributed by atoms with Crippen molar-refractivity contribution in [3.63, 3.8) is 0 Å². The van der Waals surface area contributed by atoms with Gasteiger partial charge in [0.2, 0.25) is 0 Å². The summed E-state index contributed by atoms with van der Waals surface area (Å²) in [5.74, 6) is -1.61.